The maximum atomic E-state index is 12.0. The predicted molar refractivity (Wildman–Crippen MR) is 99.5 cm³/mol. The minimum Gasteiger partial charge on any atom is -0.388 e. The molecule has 1 unspecified atom stereocenters. The number of nitrogens with one attached hydrogen (secondary N) is 2. The van der Waals surface area contributed by atoms with Gasteiger partial charge in [-0.25, -0.2) is 4.79 Å². The Morgan fingerprint density at radius 3 is 2.64 bits per heavy atom. The van der Waals surface area contributed by atoms with Gasteiger partial charge in [0.2, 0.25) is 0 Å². The van der Waals surface area contributed by atoms with Crippen molar-refractivity contribution in [2.24, 2.45) is 5.92 Å². The molecule has 0 aliphatic heterocycles. The molecule has 1 atom stereocenters. The number of carbonyl (C=O) groups excluding carboxylic acids is 1. The number of aliphatic hydroxyl groups is 1. The largest absolute Gasteiger partial charge is 0.388 e. The van der Waals surface area contributed by atoms with E-state index < -0.39 is 5.60 Å². The van der Waals surface area contributed by atoms with Gasteiger partial charge in [-0.1, -0.05) is 26.0 Å². The van der Waals surface area contributed by atoms with Gasteiger partial charge < -0.3 is 15.7 Å². The summed E-state index contributed by atoms with van der Waals surface area (Å²) in [5, 5.41) is 20.0. The van der Waals surface area contributed by atoms with Crippen molar-refractivity contribution in [3.05, 3.63) is 48.3 Å². The third-order valence-electron chi connectivity index (χ3n) is 4.01. The average Bonchev–Trinajstić information content (AvgIpc) is 3.06. The smallest absolute Gasteiger partial charge is 0.319 e. The van der Waals surface area contributed by atoms with E-state index in [0.29, 0.717) is 24.6 Å². The number of aromatic nitrogens is 2. The van der Waals surface area contributed by atoms with E-state index in [-0.39, 0.29) is 12.6 Å². The number of rotatable bonds is 8. The molecule has 1 heterocycles. The number of nitrogens with zero attached hydrogens (tertiary/aromatic N) is 2. The van der Waals surface area contributed by atoms with Gasteiger partial charge in [-0.15, -0.1) is 0 Å². The lowest BCUT2D eigenvalue weighted by molar-refractivity contribution is 0.0481. The summed E-state index contributed by atoms with van der Waals surface area (Å²) < 4.78 is 1.84. The van der Waals surface area contributed by atoms with Crippen molar-refractivity contribution in [3.63, 3.8) is 0 Å². The molecule has 2 rings (SSSR count). The Balaban J connectivity index is 1.78. The Morgan fingerprint density at radius 2 is 2.04 bits per heavy atom. The Hall–Kier alpha value is -2.34. The number of hydrogen-bond acceptors (Lipinski definition) is 3. The van der Waals surface area contributed by atoms with E-state index in [0.717, 1.165) is 12.0 Å². The van der Waals surface area contributed by atoms with Crippen LogP contribution in [0.3, 0.4) is 0 Å². The molecule has 0 spiro atoms. The zero-order valence-electron chi connectivity index (χ0n) is 15.2. The van der Waals surface area contributed by atoms with Crippen molar-refractivity contribution in [3.8, 4) is 0 Å². The van der Waals surface area contributed by atoms with E-state index in [1.54, 1.807) is 13.1 Å². The molecule has 0 saturated carbocycles. The molecule has 6 nitrogen and oxygen atoms in total. The van der Waals surface area contributed by atoms with Crippen molar-refractivity contribution >= 4 is 11.7 Å². The fraction of sp³-hybridized carbons (Fsp3) is 0.474. The average molecular weight is 344 g/mol. The lowest BCUT2D eigenvalue weighted by Gasteiger charge is -2.24. The van der Waals surface area contributed by atoms with Crippen molar-refractivity contribution in [2.75, 3.05) is 11.9 Å². The van der Waals surface area contributed by atoms with Crippen molar-refractivity contribution in [1.29, 1.82) is 0 Å². The summed E-state index contributed by atoms with van der Waals surface area (Å²) in [6.07, 6.45) is 5.24. The van der Waals surface area contributed by atoms with Crippen molar-refractivity contribution < 1.29 is 9.90 Å². The molecule has 6 heteroatoms. The topological polar surface area (TPSA) is 79.2 Å². The number of anilines is 1. The van der Waals surface area contributed by atoms with Crippen LogP contribution in [0, 0.1) is 5.92 Å². The second-order valence-electron chi connectivity index (χ2n) is 7.14. The molecule has 2 amide bonds. The lowest BCUT2D eigenvalue weighted by Crippen LogP contribution is -2.42. The number of carbonyl (C=O) groups is 1. The van der Waals surface area contributed by atoms with Gasteiger partial charge >= 0.3 is 6.03 Å². The van der Waals surface area contributed by atoms with Crippen molar-refractivity contribution in [2.45, 2.75) is 45.8 Å². The highest BCUT2D eigenvalue weighted by Crippen LogP contribution is 2.15. The summed E-state index contributed by atoms with van der Waals surface area (Å²) in [5.74, 6) is 0.528. The first-order valence-corrected chi connectivity index (χ1v) is 8.68. The van der Waals surface area contributed by atoms with Crippen LogP contribution in [0.2, 0.25) is 0 Å². The molecule has 0 saturated heterocycles. The number of amides is 2. The Bertz CT molecular complexity index is 649. The van der Waals surface area contributed by atoms with Gasteiger partial charge in [0, 0.05) is 24.6 Å². The molecule has 2 aromatic rings. The summed E-state index contributed by atoms with van der Waals surface area (Å²) in [4.78, 5) is 12.0. The van der Waals surface area contributed by atoms with E-state index in [1.165, 1.54) is 0 Å². The highest BCUT2D eigenvalue weighted by Gasteiger charge is 2.21. The van der Waals surface area contributed by atoms with Crippen LogP contribution < -0.4 is 10.6 Å². The SMILES string of the molecule is CC(C)CCC(C)(O)CNC(=O)Nc1ccc(Cn2cccn2)cc1. The van der Waals surface area contributed by atoms with Crippen LogP contribution >= 0.6 is 0 Å². The van der Waals surface area contributed by atoms with Crippen LogP contribution in [0.15, 0.2) is 42.7 Å². The molecule has 136 valence electrons. The minimum absolute atomic E-state index is 0.225. The summed E-state index contributed by atoms with van der Waals surface area (Å²) in [7, 11) is 0. The molecule has 1 aromatic carbocycles. The maximum Gasteiger partial charge on any atom is 0.319 e. The molecule has 0 aliphatic carbocycles. The first-order chi connectivity index (χ1) is 11.8. The minimum atomic E-state index is -0.894. The van der Waals surface area contributed by atoms with E-state index in [9.17, 15) is 9.90 Å². The normalized spacial score (nSPS) is 13.5. The number of urea groups is 1. The predicted octanol–water partition coefficient (Wildman–Crippen LogP) is 3.24. The van der Waals surface area contributed by atoms with E-state index in [1.807, 2.05) is 41.2 Å². The summed E-state index contributed by atoms with van der Waals surface area (Å²) in [6, 6.07) is 9.19. The molecule has 25 heavy (non-hydrogen) atoms. The van der Waals surface area contributed by atoms with Gasteiger partial charge in [0.25, 0.3) is 0 Å². The highest BCUT2D eigenvalue weighted by molar-refractivity contribution is 5.89. The van der Waals surface area contributed by atoms with Crippen LogP contribution in [0.25, 0.3) is 0 Å². The first kappa shape index (κ1) is 19.0. The van der Waals surface area contributed by atoms with Gasteiger partial charge in [0.1, 0.15) is 0 Å². The highest BCUT2D eigenvalue weighted by atomic mass is 16.3. The lowest BCUT2D eigenvalue weighted by atomic mass is 9.95. The van der Waals surface area contributed by atoms with Crippen LogP contribution in [-0.4, -0.2) is 33.1 Å². The van der Waals surface area contributed by atoms with Crippen LogP contribution in [0.5, 0.6) is 0 Å². The third kappa shape index (κ3) is 6.97. The zero-order chi connectivity index (χ0) is 18.3. The summed E-state index contributed by atoms with van der Waals surface area (Å²) in [5.41, 5.74) is 0.921. The molecule has 0 bridgehead atoms. The molecule has 0 fully saturated rings. The van der Waals surface area contributed by atoms with Gasteiger partial charge in [0.05, 0.1) is 12.1 Å². The second kappa shape index (κ2) is 8.67. The van der Waals surface area contributed by atoms with E-state index in [2.05, 4.69) is 29.6 Å². The summed E-state index contributed by atoms with van der Waals surface area (Å²) in [6.45, 7) is 6.90. The van der Waals surface area contributed by atoms with Gasteiger partial charge in [-0.3, -0.25) is 4.68 Å². The molecule has 3 N–H and O–H groups in total. The zero-order valence-corrected chi connectivity index (χ0v) is 15.2. The first-order valence-electron chi connectivity index (χ1n) is 8.68. The monoisotopic (exact) mass is 344 g/mol. The van der Waals surface area contributed by atoms with Gasteiger partial charge in [-0.2, -0.15) is 5.10 Å². The van der Waals surface area contributed by atoms with Crippen LogP contribution in [0.1, 0.15) is 39.2 Å². The molecule has 0 radical (unpaired) electrons. The fourth-order valence-electron chi connectivity index (χ4n) is 2.41. The van der Waals surface area contributed by atoms with Gasteiger partial charge in [-0.05, 0) is 49.4 Å². The Labute approximate surface area is 149 Å². The Kier molecular flexibility index (Phi) is 6.58. The third-order valence-corrected chi connectivity index (χ3v) is 4.01. The Morgan fingerprint density at radius 1 is 1.32 bits per heavy atom. The fourth-order valence-corrected chi connectivity index (χ4v) is 2.41. The van der Waals surface area contributed by atoms with Crippen molar-refractivity contribution in [1.82, 2.24) is 15.1 Å². The molecule has 0 aliphatic rings. The molecular weight excluding hydrogens is 316 g/mol. The number of benzene rings is 1. The van der Waals surface area contributed by atoms with Gasteiger partial charge in [0.15, 0.2) is 0 Å². The number of hydrogen-bond donors (Lipinski definition) is 3. The maximum absolute atomic E-state index is 12.0. The quantitative estimate of drug-likeness (QED) is 0.688. The van der Waals surface area contributed by atoms with Crippen LogP contribution in [-0.2, 0) is 6.54 Å². The molecular formula is C19H28N4O2. The van der Waals surface area contributed by atoms with E-state index in [4.69, 9.17) is 0 Å². The van der Waals surface area contributed by atoms with E-state index >= 15 is 0 Å². The second-order valence-corrected chi connectivity index (χ2v) is 7.14. The standard InChI is InChI=1S/C19H28N4O2/c1-15(2)9-10-19(3,25)14-20-18(24)22-17-7-5-16(6-8-17)13-23-12-4-11-21-23/h4-8,11-12,15,25H,9-10,13-14H2,1-3H3,(H2,20,22,24). The van der Waals surface area contributed by atoms with Crippen LogP contribution in [0.4, 0.5) is 10.5 Å². The summed E-state index contributed by atoms with van der Waals surface area (Å²) >= 11 is 0. The molecule has 1 aromatic heterocycles.